The first kappa shape index (κ1) is 30.4. The lowest BCUT2D eigenvalue weighted by Gasteiger charge is -2.33. The minimum Gasteiger partial charge on any atom is -0.356 e. The average molecular weight is 463 g/mol. The van der Waals surface area contributed by atoms with Gasteiger partial charge in [-0.25, -0.2) is 0 Å². The fourth-order valence-corrected chi connectivity index (χ4v) is 5.30. The maximum atomic E-state index is 2.68. The zero-order valence-electron chi connectivity index (χ0n) is 23.3. The number of nitrogens with zero attached hydrogens (tertiary/aromatic N) is 2. The molecule has 0 amide bonds. The molecule has 2 heteroatoms. The average Bonchev–Trinajstić information content (AvgIpc) is 3.21. The molecule has 1 unspecified atom stereocenters. The van der Waals surface area contributed by atoms with Crippen molar-refractivity contribution >= 4 is 0 Å². The predicted molar refractivity (Wildman–Crippen MR) is 150 cm³/mol. The van der Waals surface area contributed by atoms with Gasteiger partial charge in [-0.05, 0) is 25.7 Å². The Morgan fingerprint density at radius 3 is 1.06 bits per heavy atom. The topological polar surface area (TPSA) is 6.48 Å². The molecule has 0 aromatic carbocycles. The summed E-state index contributed by atoms with van der Waals surface area (Å²) in [6.07, 6.45) is 38.0. The van der Waals surface area contributed by atoms with Crippen LogP contribution in [0.5, 0.6) is 0 Å². The van der Waals surface area contributed by atoms with Gasteiger partial charge in [-0.15, -0.1) is 0 Å². The van der Waals surface area contributed by atoms with Crippen molar-refractivity contribution in [2.45, 2.75) is 175 Å². The summed E-state index contributed by atoms with van der Waals surface area (Å²) >= 11 is 0. The molecule has 33 heavy (non-hydrogen) atoms. The maximum Gasteiger partial charge on any atom is 0.101 e. The molecular weight excluding hydrogens is 400 g/mol. The van der Waals surface area contributed by atoms with Gasteiger partial charge in [0.1, 0.15) is 6.17 Å². The number of hydrogen-bond donors (Lipinski definition) is 0. The van der Waals surface area contributed by atoms with Crippen LogP contribution in [0, 0.1) is 0 Å². The van der Waals surface area contributed by atoms with Crippen LogP contribution in [0.15, 0.2) is 12.4 Å². The van der Waals surface area contributed by atoms with Gasteiger partial charge in [-0.1, -0.05) is 143 Å². The van der Waals surface area contributed by atoms with Crippen molar-refractivity contribution in [1.82, 2.24) is 9.80 Å². The van der Waals surface area contributed by atoms with E-state index in [4.69, 9.17) is 0 Å². The Balaban J connectivity index is 2.20. The lowest BCUT2D eigenvalue weighted by atomic mass is 10.1. The molecule has 0 spiro atoms. The van der Waals surface area contributed by atoms with Gasteiger partial charge in [0, 0.05) is 25.5 Å². The second kappa shape index (κ2) is 23.1. The molecule has 0 aliphatic carbocycles. The number of rotatable bonds is 25. The molecule has 0 saturated carbocycles. The molecule has 1 rings (SSSR count). The Morgan fingerprint density at radius 2 is 0.697 bits per heavy atom. The molecule has 0 N–H and O–H groups in total. The van der Waals surface area contributed by atoms with Gasteiger partial charge in [0.05, 0.1) is 0 Å². The van der Waals surface area contributed by atoms with Crippen LogP contribution in [0.3, 0.4) is 0 Å². The fraction of sp³-hybridized carbons (Fsp3) is 0.935. The Kier molecular flexibility index (Phi) is 21.3. The van der Waals surface area contributed by atoms with Crippen LogP contribution in [-0.2, 0) is 0 Å². The van der Waals surface area contributed by atoms with E-state index >= 15 is 0 Å². The lowest BCUT2D eigenvalue weighted by molar-refractivity contribution is 0.135. The van der Waals surface area contributed by atoms with Gasteiger partial charge in [0.2, 0.25) is 0 Å². The molecule has 0 saturated heterocycles. The second-order valence-electron chi connectivity index (χ2n) is 10.8. The van der Waals surface area contributed by atoms with Crippen LogP contribution in [0.1, 0.15) is 168 Å². The highest BCUT2D eigenvalue weighted by atomic mass is 15.4. The van der Waals surface area contributed by atoms with Crippen molar-refractivity contribution in [3.05, 3.63) is 12.4 Å². The van der Waals surface area contributed by atoms with Gasteiger partial charge >= 0.3 is 0 Å². The molecule has 1 aliphatic heterocycles. The molecule has 0 aromatic heterocycles. The van der Waals surface area contributed by atoms with Gasteiger partial charge < -0.3 is 9.80 Å². The van der Waals surface area contributed by atoms with E-state index in [1.165, 1.54) is 161 Å². The molecule has 2 nitrogen and oxygen atoms in total. The zero-order chi connectivity index (χ0) is 23.8. The predicted octanol–water partition coefficient (Wildman–Crippen LogP) is 10.4. The highest BCUT2D eigenvalue weighted by molar-refractivity contribution is 4.97. The number of hydrogen-bond acceptors (Lipinski definition) is 2. The summed E-state index contributed by atoms with van der Waals surface area (Å²) in [4.78, 5) is 5.36. The van der Waals surface area contributed by atoms with Crippen molar-refractivity contribution in [3.8, 4) is 0 Å². The third-order valence-electron chi connectivity index (χ3n) is 7.57. The highest BCUT2D eigenvalue weighted by Crippen LogP contribution is 2.23. The van der Waals surface area contributed by atoms with Gasteiger partial charge in [0.25, 0.3) is 0 Å². The van der Waals surface area contributed by atoms with Gasteiger partial charge in [-0.2, -0.15) is 0 Å². The van der Waals surface area contributed by atoms with Crippen molar-refractivity contribution in [2.75, 3.05) is 13.1 Å². The second-order valence-corrected chi connectivity index (χ2v) is 10.8. The van der Waals surface area contributed by atoms with E-state index in [1.54, 1.807) is 0 Å². The van der Waals surface area contributed by atoms with Crippen LogP contribution in [0.25, 0.3) is 0 Å². The van der Waals surface area contributed by atoms with E-state index in [-0.39, 0.29) is 0 Å². The first-order chi connectivity index (χ1) is 16.3. The highest BCUT2D eigenvalue weighted by Gasteiger charge is 2.24. The van der Waals surface area contributed by atoms with Gasteiger partial charge in [0.15, 0.2) is 0 Å². The Morgan fingerprint density at radius 1 is 0.394 bits per heavy atom. The van der Waals surface area contributed by atoms with Crippen LogP contribution in [0.2, 0.25) is 0 Å². The van der Waals surface area contributed by atoms with Crippen molar-refractivity contribution in [3.63, 3.8) is 0 Å². The summed E-state index contributed by atoms with van der Waals surface area (Å²) in [6.45, 7) is 9.46. The maximum absolute atomic E-state index is 2.68. The molecule has 196 valence electrons. The van der Waals surface area contributed by atoms with Crippen LogP contribution in [-0.4, -0.2) is 29.1 Å². The SMILES string of the molecule is CCCCCCCCCCCCN1C=CN(CCCCCCCCCC)C1CCCCCC. The lowest BCUT2D eigenvalue weighted by Crippen LogP contribution is -2.39. The minimum absolute atomic E-state index is 0.643. The molecule has 1 atom stereocenters. The van der Waals surface area contributed by atoms with E-state index in [1.807, 2.05) is 0 Å². The van der Waals surface area contributed by atoms with Crippen molar-refractivity contribution in [2.24, 2.45) is 0 Å². The quantitative estimate of drug-likeness (QED) is 0.124. The van der Waals surface area contributed by atoms with E-state index in [9.17, 15) is 0 Å². The normalized spacial score (nSPS) is 15.8. The first-order valence-electron chi connectivity index (χ1n) is 15.5. The largest absolute Gasteiger partial charge is 0.356 e. The molecule has 1 heterocycles. The standard InChI is InChI=1S/C31H62N2/c1-4-7-10-13-15-17-18-20-22-25-28-33-30-29-32(31(33)26-23-12-9-6-3)27-24-21-19-16-14-11-8-5-2/h29-31H,4-28H2,1-3H3. The Labute approximate surface area is 210 Å². The third-order valence-corrected chi connectivity index (χ3v) is 7.57. The number of unbranched alkanes of at least 4 members (excludes halogenated alkanes) is 19. The van der Waals surface area contributed by atoms with E-state index in [0.29, 0.717) is 6.17 Å². The first-order valence-corrected chi connectivity index (χ1v) is 15.5. The van der Waals surface area contributed by atoms with Crippen LogP contribution >= 0.6 is 0 Å². The minimum atomic E-state index is 0.643. The molecule has 1 aliphatic rings. The van der Waals surface area contributed by atoms with Crippen LogP contribution < -0.4 is 0 Å². The van der Waals surface area contributed by atoms with Crippen molar-refractivity contribution in [1.29, 1.82) is 0 Å². The van der Waals surface area contributed by atoms with E-state index in [0.717, 1.165) is 0 Å². The molecular formula is C31H62N2. The summed E-state index contributed by atoms with van der Waals surface area (Å²) in [5, 5.41) is 0. The van der Waals surface area contributed by atoms with E-state index < -0.39 is 0 Å². The summed E-state index contributed by atoms with van der Waals surface area (Å²) in [6, 6.07) is 0. The molecule has 0 bridgehead atoms. The van der Waals surface area contributed by atoms with Gasteiger partial charge in [-0.3, -0.25) is 0 Å². The third kappa shape index (κ3) is 16.6. The molecule has 0 fully saturated rings. The smallest absolute Gasteiger partial charge is 0.101 e. The van der Waals surface area contributed by atoms with Crippen molar-refractivity contribution < 1.29 is 0 Å². The monoisotopic (exact) mass is 462 g/mol. The van der Waals surface area contributed by atoms with Crippen LogP contribution in [0.4, 0.5) is 0 Å². The fourth-order valence-electron chi connectivity index (χ4n) is 5.30. The molecule has 0 radical (unpaired) electrons. The summed E-state index contributed by atoms with van der Waals surface area (Å²) in [7, 11) is 0. The summed E-state index contributed by atoms with van der Waals surface area (Å²) in [5.74, 6) is 0. The Bertz CT molecular complexity index is 419. The van der Waals surface area contributed by atoms with E-state index in [2.05, 4.69) is 43.0 Å². The zero-order valence-corrected chi connectivity index (χ0v) is 23.3. The summed E-state index contributed by atoms with van der Waals surface area (Å²) in [5.41, 5.74) is 0. The molecule has 0 aromatic rings. The Hall–Kier alpha value is -0.660. The summed E-state index contributed by atoms with van der Waals surface area (Å²) < 4.78 is 0.